The first-order valence-electron chi connectivity index (χ1n) is 10.1. The highest BCUT2D eigenvalue weighted by atomic mass is 32.1. The van der Waals surface area contributed by atoms with E-state index < -0.39 is 0 Å². The lowest BCUT2D eigenvalue weighted by Gasteiger charge is -2.34. The number of aromatic nitrogens is 1. The maximum Gasteiger partial charge on any atom is 0.290 e. The molecule has 0 atom stereocenters. The molecule has 0 radical (unpaired) electrons. The zero-order chi connectivity index (χ0) is 20.0. The van der Waals surface area contributed by atoms with Crippen LogP contribution in [0.25, 0.3) is 21.1 Å². The van der Waals surface area contributed by atoms with Gasteiger partial charge < -0.3 is 14.2 Å². The van der Waals surface area contributed by atoms with Crippen molar-refractivity contribution >= 4 is 44.3 Å². The normalized spacial score (nSPS) is 14.8. The van der Waals surface area contributed by atoms with Crippen LogP contribution in [0.3, 0.4) is 0 Å². The summed E-state index contributed by atoms with van der Waals surface area (Å²) in [6, 6.07) is 14.5. The second-order valence-electron chi connectivity index (χ2n) is 7.52. The molecular formula is C23H23N3O2S. The van der Waals surface area contributed by atoms with Crippen LogP contribution in [0, 0.1) is 6.92 Å². The Morgan fingerprint density at radius 2 is 1.90 bits per heavy atom. The van der Waals surface area contributed by atoms with E-state index in [1.807, 2.05) is 30.0 Å². The van der Waals surface area contributed by atoms with Gasteiger partial charge in [-0.3, -0.25) is 4.79 Å². The van der Waals surface area contributed by atoms with Gasteiger partial charge in [0.05, 0.1) is 4.70 Å². The molecule has 0 aliphatic carbocycles. The Morgan fingerprint density at radius 1 is 1.10 bits per heavy atom. The molecular weight excluding hydrogens is 382 g/mol. The molecule has 5 rings (SSSR count). The summed E-state index contributed by atoms with van der Waals surface area (Å²) in [6.45, 7) is 7.00. The Balaban J connectivity index is 1.35. The van der Waals surface area contributed by atoms with E-state index in [1.165, 1.54) is 27.2 Å². The molecule has 1 fully saturated rings. The first kappa shape index (κ1) is 18.2. The fourth-order valence-electron chi connectivity index (χ4n) is 4.06. The molecule has 148 valence electrons. The lowest BCUT2D eigenvalue weighted by Crippen LogP contribution is -2.49. The molecule has 4 aromatic rings. The molecule has 1 aliphatic heterocycles. The van der Waals surface area contributed by atoms with Crippen molar-refractivity contribution in [2.75, 3.05) is 31.1 Å². The number of piperazine rings is 1. The number of fused-ring (bicyclic) bond motifs is 2. The van der Waals surface area contributed by atoms with Crippen LogP contribution in [0.1, 0.15) is 28.6 Å². The predicted molar refractivity (Wildman–Crippen MR) is 118 cm³/mol. The number of aryl methyl sites for hydroxylation is 2. The highest BCUT2D eigenvalue weighted by molar-refractivity contribution is 7.13. The van der Waals surface area contributed by atoms with Gasteiger partial charge in [-0.05, 0) is 54.7 Å². The Hall–Kier alpha value is -2.86. The third-order valence-electron chi connectivity index (χ3n) is 5.83. The summed E-state index contributed by atoms with van der Waals surface area (Å²) in [4.78, 5) is 17.3. The Bertz CT molecular complexity index is 1200. The van der Waals surface area contributed by atoms with Gasteiger partial charge >= 0.3 is 0 Å². The molecule has 1 aliphatic rings. The van der Waals surface area contributed by atoms with Crippen molar-refractivity contribution in [3.8, 4) is 0 Å². The highest BCUT2D eigenvalue weighted by Crippen LogP contribution is 2.31. The fourth-order valence-corrected chi connectivity index (χ4v) is 4.85. The van der Waals surface area contributed by atoms with Gasteiger partial charge in [-0.25, -0.2) is 0 Å². The maximum absolute atomic E-state index is 13.2. The van der Waals surface area contributed by atoms with E-state index in [2.05, 4.69) is 40.5 Å². The number of nitrogens with zero attached hydrogens (tertiary/aromatic N) is 3. The van der Waals surface area contributed by atoms with E-state index in [9.17, 15) is 4.79 Å². The van der Waals surface area contributed by atoms with Crippen LogP contribution in [-0.2, 0) is 6.42 Å². The molecule has 2 aromatic carbocycles. The number of carbonyl (C=O) groups excluding carboxylic acids is 1. The van der Waals surface area contributed by atoms with Crippen molar-refractivity contribution in [3.63, 3.8) is 0 Å². The Kier molecular flexibility index (Phi) is 4.51. The molecule has 2 aromatic heterocycles. The molecule has 5 nitrogen and oxygen atoms in total. The summed E-state index contributed by atoms with van der Waals surface area (Å²) < 4.78 is 11.8. The quantitative estimate of drug-likeness (QED) is 0.488. The number of carbonyl (C=O) groups is 1. The standard InChI is InChI=1S/C23H23N3O2S/c1-3-16-8-9-19-18(14-16)15(2)21(28-19)23(27)26-12-10-25(11-13-26)22-17-6-4-5-7-20(17)29-24-22/h4-9,14H,3,10-13H2,1-2H3. The SMILES string of the molecule is CCc1ccc2oc(C(=O)N3CCN(c4nsc5ccccc45)CC3)c(C)c2c1. The molecule has 0 N–H and O–H groups in total. The first-order chi connectivity index (χ1) is 14.2. The van der Waals surface area contributed by atoms with Gasteiger partial charge in [-0.2, -0.15) is 4.37 Å². The largest absolute Gasteiger partial charge is 0.451 e. The smallest absolute Gasteiger partial charge is 0.290 e. The van der Waals surface area contributed by atoms with Gasteiger partial charge in [-0.1, -0.05) is 25.1 Å². The van der Waals surface area contributed by atoms with Crippen molar-refractivity contribution < 1.29 is 9.21 Å². The number of furan rings is 1. The molecule has 3 heterocycles. The average Bonchev–Trinajstić information content (AvgIpc) is 3.34. The van der Waals surface area contributed by atoms with Crippen LogP contribution in [0.15, 0.2) is 46.9 Å². The number of rotatable bonds is 3. The van der Waals surface area contributed by atoms with Crippen LogP contribution in [0.4, 0.5) is 5.82 Å². The zero-order valence-electron chi connectivity index (χ0n) is 16.6. The summed E-state index contributed by atoms with van der Waals surface area (Å²) >= 11 is 1.53. The van der Waals surface area contributed by atoms with E-state index in [4.69, 9.17) is 4.42 Å². The van der Waals surface area contributed by atoms with Gasteiger partial charge in [0, 0.05) is 42.5 Å². The van der Waals surface area contributed by atoms with Crippen molar-refractivity contribution in [1.29, 1.82) is 0 Å². The topological polar surface area (TPSA) is 49.6 Å². The van der Waals surface area contributed by atoms with Crippen molar-refractivity contribution in [3.05, 3.63) is 59.4 Å². The van der Waals surface area contributed by atoms with Crippen LogP contribution in [-0.4, -0.2) is 41.4 Å². The van der Waals surface area contributed by atoms with Crippen LogP contribution in [0.5, 0.6) is 0 Å². The van der Waals surface area contributed by atoms with Crippen molar-refractivity contribution in [1.82, 2.24) is 9.27 Å². The maximum atomic E-state index is 13.2. The van der Waals surface area contributed by atoms with Crippen LogP contribution >= 0.6 is 11.5 Å². The minimum absolute atomic E-state index is 0.0143. The molecule has 1 saturated heterocycles. The Labute approximate surface area is 173 Å². The highest BCUT2D eigenvalue weighted by Gasteiger charge is 2.28. The molecule has 1 amide bonds. The molecule has 0 saturated carbocycles. The van der Waals surface area contributed by atoms with Gasteiger partial charge in [0.2, 0.25) is 0 Å². The monoisotopic (exact) mass is 405 g/mol. The minimum atomic E-state index is -0.0143. The van der Waals surface area contributed by atoms with E-state index in [1.54, 1.807) is 0 Å². The van der Waals surface area contributed by atoms with Gasteiger partial charge in [-0.15, -0.1) is 0 Å². The second kappa shape index (κ2) is 7.19. The number of hydrogen-bond donors (Lipinski definition) is 0. The zero-order valence-corrected chi connectivity index (χ0v) is 17.5. The number of anilines is 1. The molecule has 0 unspecified atom stereocenters. The van der Waals surface area contributed by atoms with E-state index in [0.717, 1.165) is 41.9 Å². The van der Waals surface area contributed by atoms with Crippen molar-refractivity contribution in [2.24, 2.45) is 0 Å². The van der Waals surface area contributed by atoms with Crippen LogP contribution < -0.4 is 4.90 Å². The molecule has 6 heteroatoms. The molecule has 29 heavy (non-hydrogen) atoms. The number of hydrogen-bond acceptors (Lipinski definition) is 5. The van der Waals surface area contributed by atoms with Crippen molar-refractivity contribution in [2.45, 2.75) is 20.3 Å². The van der Waals surface area contributed by atoms with Gasteiger partial charge in [0.25, 0.3) is 5.91 Å². The van der Waals surface area contributed by atoms with E-state index in [0.29, 0.717) is 18.8 Å². The lowest BCUT2D eigenvalue weighted by atomic mass is 10.1. The summed E-state index contributed by atoms with van der Waals surface area (Å²) in [5.41, 5.74) is 2.98. The number of amides is 1. The Morgan fingerprint density at radius 3 is 2.69 bits per heavy atom. The van der Waals surface area contributed by atoms with Gasteiger partial charge in [0.15, 0.2) is 5.76 Å². The molecule has 0 spiro atoms. The summed E-state index contributed by atoms with van der Waals surface area (Å²) in [5, 5.41) is 2.23. The summed E-state index contributed by atoms with van der Waals surface area (Å²) in [5.74, 6) is 1.49. The van der Waals surface area contributed by atoms with Crippen LogP contribution in [0.2, 0.25) is 0 Å². The summed E-state index contributed by atoms with van der Waals surface area (Å²) in [6.07, 6.45) is 0.969. The van der Waals surface area contributed by atoms with Gasteiger partial charge in [0.1, 0.15) is 11.4 Å². The minimum Gasteiger partial charge on any atom is -0.451 e. The third-order valence-corrected chi connectivity index (χ3v) is 6.64. The fraction of sp³-hybridized carbons (Fsp3) is 0.304. The number of benzene rings is 2. The molecule has 0 bridgehead atoms. The van der Waals surface area contributed by atoms with E-state index in [-0.39, 0.29) is 5.91 Å². The first-order valence-corrected chi connectivity index (χ1v) is 10.8. The third kappa shape index (κ3) is 3.08. The van der Waals surface area contributed by atoms with E-state index >= 15 is 0 Å². The average molecular weight is 406 g/mol. The predicted octanol–water partition coefficient (Wildman–Crippen LogP) is 4.88. The lowest BCUT2D eigenvalue weighted by molar-refractivity contribution is 0.0716. The summed E-state index contributed by atoms with van der Waals surface area (Å²) in [7, 11) is 0. The second-order valence-corrected chi connectivity index (χ2v) is 8.33.